The highest BCUT2D eigenvalue weighted by Gasteiger charge is 2.15. The number of hydrogen-bond donors (Lipinski definition) is 2. The second kappa shape index (κ2) is 15.1. The van der Waals surface area contributed by atoms with Gasteiger partial charge in [-0.3, -0.25) is 4.99 Å². The van der Waals surface area contributed by atoms with Gasteiger partial charge in [-0.1, -0.05) is 0 Å². The molecule has 2 rings (SSSR count). The summed E-state index contributed by atoms with van der Waals surface area (Å²) in [6.45, 7) is 11.3. The normalized spacial score (nSPS) is 21.5. The highest BCUT2D eigenvalue weighted by Crippen LogP contribution is 2.14. The summed E-state index contributed by atoms with van der Waals surface area (Å²) in [5.74, 6) is 2.14. The van der Waals surface area contributed by atoms with Crippen molar-refractivity contribution in [3.63, 3.8) is 0 Å². The maximum Gasteiger partial charge on any atom is 0.191 e. The summed E-state index contributed by atoms with van der Waals surface area (Å²) in [5.41, 5.74) is 0. The summed E-state index contributed by atoms with van der Waals surface area (Å²) in [4.78, 5) is 4.61. The SMILES string of the molecule is CCNC(=NCCCOCC1CCOC1)NCCCOCC1CCOCC1. The lowest BCUT2D eigenvalue weighted by molar-refractivity contribution is 0.0203. The third kappa shape index (κ3) is 10.9. The average molecular weight is 386 g/mol. The molecule has 0 bridgehead atoms. The van der Waals surface area contributed by atoms with Gasteiger partial charge in [0.1, 0.15) is 0 Å². The zero-order valence-corrected chi connectivity index (χ0v) is 17.0. The Morgan fingerprint density at radius 2 is 1.63 bits per heavy atom. The van der Waals surface area contributed by atoms with E-state index in [4.69, 9.17) is 18.9 Å². The number of rotatable bonds is 13. The van der Waals surface area contributed by atoms with Crippen LogP contribution in [0.1, 0.15) is 39.0 Å². The van der Waals surface area contributed by atoms with E-state index in [1.807, 2.05) is 0 Å². The Morgan fingerprint density at radius 1 is 0.926 bits per heavy atom. The summed E-state index contributed by atoms with van der Waals surface area (Å²) in [5, 5.41) is 6.66. The van der Waals surface area contributed by atoms with Crippen LogP contribution in [0.25, 0.3) is 0 Å². The van der Waals surface area contributed by atoms with Crippen molar-refractivity contribution < 1.29 is 18.9 Å². The van der Waals surface area contributed by atoms with Crippen LogP contribution in [0, 0.1) is 11.8 Å². The van der Waals surface area contributed by atoms with Crippen LogP contribution in [0.3, 0.4) is 0 Å². The number of hydrogen-bond acceptors (Lipinski definition) is 5. The predicted molar refractivity (Wildman–Crippen MR) is 107 cm³/mol. The Hall–Kier alpha value is -0.890. The van der Waals surface area contributed by atoms with Gasteiger partial charge in [0.05, 0.1) is 13.2 Å². The molecule has 2 heterocycles. The summed E-state index contributed by atoms with van der Waals surface area (Å²) >= 11 is 0. The topological polar surface area (TPSA) is 73.3 Å². The molecule has 7 nitrogen and oxygen atoms in total. The summed E-state index contributed by atoms with van der Waals surface area (Å²) in [6, 6.07) is 0. The van der Waals surface area contributed by atoms with Gasteiger partial charge in [0.25, 0.3) is 0 Å². The molecule has 2 saturated heterocycles. The van der Waals surface area contributed by atoms with Gasteiger partial charge >= 0.3 is 0 Å². The largest absolute Gasteiger partial charge is 0.381 e. The van der Waals surface area contributed by atoms with E-state index in [0.717, 1.165) is 111 Å². The maximum atomic E-state index is 5.80. The Bertz CT molecular complexity index is 383. The highest BCUT2D eigenvalue weighted by atomic mass is 16.5. The molecule has 0 aromatic carbocycles. The second-order valence-corrected chi connectivity index (χ2v) is 7.33. The maximum absolute atomic E-state index is 5.80. The van der Waals surface area contributed by atoms with Gasteiger partial charge in [-0.25, -0.2) is 0 Å². The van der Waals surface area contributed by atoms with Crippen molar-refractivity contribution in [2.24, 2.45) is 16.8 Å². The van der Waals surface area contributed by atoms with Crippen molar-refractivity contribution in [1.29, 1.82) is 0 Å². The van der Waals surface area contributed by atoms with Crippen molar-refractivity contribution in [2.75, 3.05) is 72.5 Å². The predicted octanol–water partition coefficient (Wildman–Crippen LogP) is 1.82. The molecule has 2 aliphatic heterocycles. The molecule has 1 unspecified atom stereocenters. The van der Waals surface area contributed by atoms with Crippen LogP contribution in [0.2, 0.25) is 0 Å². The number of ether oxygens (including phenoxy) is 4. The average Bonchev–Trinajstić information content (AvgIpc) is 3.21. The Kier molecular flexibility index (Phi) is 12.5. The molecule has 2 aliphatic rings. The van der Waals surface area contributed by atoms with Gasteiger partial charge in [-0.05, 0) is 44.9 Å². The van der Waals surface area contributed by atoms with Crippen LogP contribution in [0.4, 0.5) is 0 Å². The summed E-state index contributed by atoms with van der Waals surface area (Å²) in [6.07, 6.45) is 5.32. The Balaban J connectivity index is 1.44. The molecule has 0 spiro atoms. The molecule has 158 valence electrons. The molecule has 0 radical (unpaired) electrons. The van der Waals surface area contributed by atoms with Gasteiger partial charge in [0, 0.05) is 65.2 Å². The van der Waals surface area contributed by atoms with Gasteiger partial charge in [0.15, 0.2) is 5.96 Å². The van der Waals surface area contributed by atoms with Gasteiger partial charge < -0.3 is 29.6 Å². The molecule has 27 heavy (non-hydrogen) atoms. The fourth-order valence-corrected chi connectivity index (χ4v) is 3.21. The Morgan fingerprint density at radius 3 is 2.37 bits per heavy atom. The number of guanidine groups is 1. The van der Waals surface area contributed by atoms with E-state index in [-0.39, 0.29) is 0 Å². The minimum absolute atomic E-state index is 0.584. The zero-order valence-electron chi connectivity index (χ0n) is 17.0. The summed E-state index contributed by atoms with van der Waals surface area (Å²) < 4.78 is 22.2. The molecule has 0 aromatic rings. The molecule has 2 N–H and O–H groups in total. The van der Waals surface area contributed by atoms with E-state index in [1.54, 1.807) is 0 Å². The number of aliphatic imine (C=N–C) groups is 1. The fourth-order valence-electron chi connectivity index (χ4n) is 3.21. The first-order chi connectivity index (χ1) is 13.4. The minimum Gasteiger partial charge on any atom is -0.381 e. The highest BCUT2D eigenvalue weighted by molar-refractivity contribution is 5.79. The van der Waals surface area contributed by atoms with Crippen LogP contribution >= 0.6 is 0 Å². The first kappa shape index (κ1) is 22.4. The van der Waals surface area contributed by atoms with E-state index in [2.05, 4.69) is 22.5 Å². The van der Waals surface area contributed by atoms with Crippen molar-refractivity contribution >= 4 is 5.96 Å². The van der Waals surface area contributed by atoms with Gasteiger partial charge in [0.2, 0.25) is 0 Å². The first-order valence-electron chi connectivity index (χ1n) is 10.7. The van der Waals surface area contributed by atoms with Gasteiger partial charge in [-0.15, -0.1) is 0 Å². The van der Waals surface area contributed by atoms with E-state index in [1.165, 1.54) is 0 Å². The minimum atomic E-state index is 0.584. The van der Waals surface area contributed by atoms with E-state index in [9.17, 15) is 0 Å². The molecule has 1 atom stereocenters. The Labute approximate surface area is 164 Å². The molecule has 7 heteroatoms. The zero-order chi connectivity index (χ0) is 19.0. The lowest BCUT2D eigenvalue weighted by Crippen LogP contribution is -2.38. The van der Waals surface area contributed by atoms with E-state index >= 15 is 0 Å². The van der Waals surface area contributed by atoms with Crippen LogP contribution in [-0.2, 0) is 18.9 Å². The molecular weight excluding hydrogens is 346 g/mol. The van der Waals surface area contributed by atoms with Crippen LogP contribution in [0.15, 0.2) is 4.99 Å². The lowest BCUT2D eigenvalue weighted by atomic mass is 10.0. The second-order valence-electron chi connectivity index (χ2n) is 7.33. The number of nitrogens with zero attached hydrogens (tertiary/aromatic N) is 1. The van der Waals surface area contributed by atoms with Crippen LogP contribution in [-0.4, -0.2) is 78.4 Å². The lowest BCUT2D eigenvalue weighted by Gasteiger charge is -2.21. The fraction of sp³-hybridized carbons (Fsp3) is 0.950. The molecule has 0 aliphatic carbocycles. The third-order valence-corrected chi connectivity index (χ3v) is 4.89. The molecular formula is C20H39N3O4. The van der Waals surface area contributed by atoms with Crippen LogP contribution < -0.4 is 10.6 Å². The third-order valence-electron chi connectivity index (χ3n) is 4.89. The quantitative estimate of drug-likeness (QED) is 0.286. The molecule has 0 amide bonds. The smallest absolute Gasteiger partial charge is 0.191 e. The molecule has 0 saturated carbocycles. The van der Waals surface area contributed by atoms with E-state index < -0.39 is 0 Å². The first-order valence-corrected chi connectivity index (χ1v) is 10.7. The number of nitrogens with one attached hydrogen (secondary N) is 2. The van der Waals surface area contributed by atoms with Crippen molar-refractivity contribution in [1.82, 2.24) is 10.6 Å². The van der Waals surface area contributed by atoms with Crippen molar-refractivity contribution in [3.8, 4) is 0 Å². The standard InChI is InChI=1S/C20H39N3O4/c1-2-21-20(23-9-4-11-26-16-19-7-14-27-17-19)22-8-3-10-25-15-18-5-12-24-13-6-18/h18-19H,2-17H2,1H3,(H2,21,22,23). The summed E-state index contributed by atoms with van der Waals surface area (Å²) in [7, 11) is 0. The molecule has 0 aromatic heterocycles. The monoisotopic (exact) mass is 385 g/mol. The van der Waals surface area contributed by atoms with Crippen LogP contribution in [0.5, 0.6) is 0 Å². The van der Waals surface area contributed by atoms with Crippen molar-refractivity contribution in [3.05, 3.63) is 0 Å². The molecule has 2 fully saturated rings. The van der Waals surface area contributed by atoms with Gasteiger partial charge in [-0.2, -0.15) is 0 Å². The van der Waals surface area contributed by atoms with E-state index in [0.29, 0.717) is 11.8 Å². The van der Waals surface area contributed by atoms with Crippen molar-refractivity contribution in [2.45, 2.75) is 39.0 Å².